The molecule has 3 aromatic heterocycles. The third kappa shape index (κ3) is 5.01. The second-order valence-corrected chi connectivity index (χ2v) is 17.7. The summed E-state index contributed by atoms with van der Waals surface area (Å²) in [5.41, 5.74) is 18.1. The molecule has 1 atom stereocenters. The maximum absolute atomic E-state index is 6.96. The molecule has 0 fully saturated rings. The molecule has 0 aliphatic heterocycles. The van der Waals surface area contributed by atoms with Gasteiger partial charge in [-0.2, -0.15) is 0 Å². The maximum atomic E-state index is 6.96. The largest absolute Gasteiger partial charge is 0.456 e. The van der Waals surface area contributed by atoms with Gasteiger partial charge in [-0.15, -0.1) is 0 Å². The number of anilines is 3. The van der Waals surface area contributed by atoms with Crippen LogP contribution in [0, 0.1) is 5.92 Å². The molecule has 0 saturated heterocycles. The van der Waals surface area contributed by atoms with E-state index in [4.69, 9.17) is 13.3 Å². The van der Waals surface area contributed by atoms with Crippen molar-refractivity contribution in [3.63, 3.8) is 0 Å². The Morgan fingerprint density at radius 3 is 2.05 bits per heavy atom. The third-order valence-electron chi connectivity index (χ3n) is 13.6. The van der Waals surface area contributed by atoms with Crippen LogP contribution in [0.5, 0.6) is 0 Å². The van der Waals surface area contributed by atoms with Crippen molar-refractivity contribution < 1.29 is 13.3 Å². The molecule has 2 aliphatic rings. The second kappa shape index (κ2) is 13.0. The molecule has 3 heterocycles. The van der Waals surface area contributed by atoms with Gasteiger partial charge in [0.2, 0.25) is 0 Å². The third-order valence-corrected chi connectivity index (χ3v) is 13.6. The Balaban J connectivity index is 1.00. The van der Waals surface area contributed by atoms with E-state index in [0.29, 0.717) is 5.92 Å². The molecule has 0 saturated carbocycles. The molecule has 296 valence electrons. The summed E-state index contributed by atoms with van der Waals surface area (Å²) in [5, 5.41) is 6.58. The monoisotopic (exact) mass is 799 g/mol. The number of hydrogen-bond donors (Lipinski definition) is 0. The zero-order valence-corrected chi connectivity index (χ0v) is 34.7. The Morgan fingerprint density at radius 1 is 0.516 bits per heavy atom. The first kappa shape index (κ1) is 35.2. The van der Waals surface area contributed by atoms with E-state index in [-0.39, 0.29) is 5.41 Å². The summed E-state index contributed by atoms with van der Waals surface area (Å²) >= 11 is 0. The second-order valence-electron chi connectivity index (χ2n) is 17.7. The summed E-state index contributed by atoms with van der Waals surface area (Å²) in [7, 11) is 0. The van der Waals surface area contributed by atoms with E-state index in [1.54, 1.807) is 0 Å². The van der Waals surface area contributed by atoms with Crippen LogP contribution in [0.3, 0.4) is 0 Å². The summed E-state index contributed by atoms with van der Waals surface area (Å²) in [6.07, 6.45) is 7.65. The number of benzene rings is 8. The highest BCUT2D eigenvalue weighted by Crippen LogP contribution is 2.52. The lowest BCUT2D eigenvalue weighted by Gasteiger charge is -2.28. The average Bonchev–Trinajstić information content (AvgIpc) is 4.04. The standard InChI is InChI=1S/C58H41NO3/c1-34-13-10-14-36(31-34)53-55-44-17-6-9-23-50(44)60-52(55)33-45-54-39(18-12-24-51(54)62-57(45)53)35-25-27-37(28-26-35)59(48-21-11-19-43-42-16-5-8-22-49(42)61-56(43)48)38-29-30-41-40-15-4-7-20-46(40)58(2,3)47(41)32-38/h4-30,32-34H,31H2,1-3H3. The smallest absolute Gasteiger partial charge is 0.159 e. The quantitative estimate of drug-likeness (QED) is 0.174. The molecule has 0 amide bonds. The fourth-order valence-electron chi connectivity index (χ4n) is 10.7. The van der Waals surface area contributed by atoms with Gasteiger partial charge in [0.15, 0.2) is 5.58 Å². The fourth-order valence-corrected chi connectivity index (χ4v) is 10.7. The van der Waals surface area contributed by atoms with Crippen LogP contribution in [0.4, 0.5) is 17.1 Å². The van der Waals surface area contributed by atoms with Crippen molar-refractivity contribution in [3.05, 3.63) is 193 Å². The predicted molar refractivity (Wildman–Crippen MR) is 257 cm³/mol. The maximum Gasteiger partial charge on any atom is 0.159 e. The molecular formula is C58H41NO3. The zero-order chi connectivity index (χ0) is 41.3. The van der Waals surface area contributed by atoms with Gasteiger partial charge in [0, 0.05) is 54.7 Å². The van der Waals surface area contributed by atoms with Crippen molar-refractivity contribution >= 4 is 88.5 Å². The van der Waals surface area contributed by atoms with E-state index in [0.717, 1.165) is 106 Å². The van der Waals surface area contributed by atoms with E-state index in [2.05, 4.69) is 189 Å². The summed E-state index contributed by atoms with van der Waals surface area (Å²) in [6.45, 7) is 6.95. The molecule has 0 radical (unpaired) electrons. The number of nitrogens with zero attached hydrogens (tertiary/aromatic N) is 1. The van der Waals surface area contributed by atoms with Crippen LogP contribution in [0.25, 0.3) is 93.6 Å². The lowest BCUT2D eigenvalue weighted by Crippen LogP contribution is -2.16. The van der Waals surface area contributed by atoms with Crippen LogP contribution < -0.4 is 4.90 Å². The molecular weight excluding hydrogens is 759 g/mol. The topological polar surface area (TPSA) is 42.7 Å². The number of rotatable bonds is 5. The van der Waals surface area contributed by atoms with Crippen molar-refractivity contribution in [3.8, 4) is 22.3 Å². The number of hydrogen-bond acceptors (Lipinski definition) is 4. The van der Waals surface area contributed by atoms with Crippen LogP contribution in [-0.2, 0) is 5.41 Å². The van der Waals surface area contributed by atoms with Gasteiger partial charge in [0.25, 0.3) is 0 Å². The molecule has 2 aliphatic carbocycles. The van der Waals surface area contributed by atoms with Gasteiger partial charge in [-0.1, -0.05) is 142 Å². The highest BCUT2D eigenvalue weighted by atomic mass is 16.3. The average molecular weight is 800 g/mol. The van der Waals surface area contributed by atoms with E-state index in [1.807, 2.05) is 12.1 Å². The molecule has 4 heteroatoms. The van der Waals surface area contributed by atoms with Crippen molar-refractivity contribution in [2.45, 2.75) is 32.6 Å². The summed E-state index contributed by atoms with van der Waals surface area (Å²) < 4.78 is 20.3. The number of furan rings is 3. The lowest BCUT2D eigenvalue weighted by atomic mass is 9.82. The van der Waals surface area contributed by atoms with Crippen molar-refractivity contribution in [1.29, 1.82) is 0 Å². The van der Waals surface area contributed by atoms with Crippen LogP contribution in [-0.4, -0.2) is 0 Å². The normalized spacial score (nSPS) is 15.6. The summed E-state index contributed by atoms with van der Waals surface area (Å²) in [6, 6.07) is 56.5. The van der Waals surface area contributed by atoms with E-state index in [9.17, 15) is 0 Å². The SMILES string of the molecule is CC1C=CC=C(c2c3oc4cccc(-c5ccc(N(c6ccc7c(c6)C(C)(C)c6ccccc6-7)c6cccc7c6oc6ccccc67)cc5)c4c3cc3oc4ccccc4c23)C1. The number of fused-ring (bicyclic) bond motifs is 12. The zero-order valence-electron chi connectivity index (χ0n) is 34.7. The van der Waals surface area contributed by atoms with Gasteiger partial charge in [-0.05, 0) is 106 Å². The van der Waals surface area contributed by atoms with Crippen LogP contribution in [0.2, 0.25) is 0 Å². The predicted octanol–water partition coefficient (Wildman–Crippen LogP) is 16.8. The Bertz CT molecular complexity index is 3720. The van der Waals surface area contributed by atoms with E-state index < -0.39 is 0 Å². The Labute approximate surface area is 358 Å². The van der Waals surface area contributed by atoms with Gasteiger partial charge in [0.1, 0.15) is 27.9 Å². The number of allylic oxidation sites excluding steroid dienone is 4. The van der Waals surface area contributed by atoms with E-state index >= 15 is 0 Å². The van der Waals surface area contributed by atoms with Gasteiger partial charge in [0.05, 0.1) is 5.69 Å². The van der Waals surface area contributed by atoms with Crippen LogP contribution >= 0.6 is 0 Å². The van der Waals surface area contributed by atoms with Crippen LogP contribution in [0.1, 0.15) is 43.9 Å². The minimum Gasteiger partial charge on any atom is -0.456 e. The van der Waals surface area contributed by atoms with Crippen molar-refractivity contribution in [2.75, 3.05) is 4.90 Å². The Kier molecular flexibility index (Phi) is 7.37. The first-order chi connectivity index (χ1) is 30.4. The highest BCUT2D eigenvalue weighted by Gasteiger charge is 2.36. The molecule has 13 rings (SSSR count). The molecule has 4 nitrogen and oxygen atoms in total. The van der Waals surface area contributed by atoms with Gasteiger partial charge < -0.3 is 18.2 Å². The van der Waals surface area contributed by atoms with Crippen molar-refractivity contribution in [2.24, 2.45) is 5.92 Å². The van der Waals surface area contributed by atoms with Gasteiger partial charge >= 0.3 is 0 Å². The fraction of sp³-hybridized carbons (Fsp3) is 0.103. The first-order valence-corrected chi connectivity index (χ1v) is 21.6. The number of para-hydroxylation sites is 3. The van der Waals surface area contributed by atoms with Gasteiger partial charge in [-0.25, -0.2) is 0 Å². The molecule has 0 bridgehead atoms. The van der Waals surface area contributed by atoms with Gasteiger partial charge in [-0.3, -0.25) is 0 Å². The summed E-state index contributed by atoms with van der Waals surface area (Å²) in [5.74, 6) is 0.426. The Hall–Kier alpha value is -7.56. The van der Waals surface area contributed by atoms with Crippen LogP contribution in [0.15, 0.2) is 189 Å². The molecule has 0 N–H and O–H groups in total. The molecule has 0 spiro atoms. The highest BCUT2D eigenvalue weighted by molar-refractivity contribution is 6.23. The minimum absolute atomic E-state index is 0.148. The summed E-state index contributed by atoms with van der Waals surface area (Å²) in [4.78, 5) is 2.36. The van der Waals surface area contributed by atoms with E-state index in [1.165, 1.54) is 27.8 Å². The molecule has 1 unspecified atom stereocenters. The molecule has 8 aromatic carbocycles. The molecule has 11 aromatic rings. The molecule has 62 heavy (non-hydrogen) atoms. The first-order valence-electron chi connectivity index (χ1n) is 21.6. The van der Waals surface area contributed by atoms with Crippen molar-refractivity contribution in [1.82, 2.24) is 0 Å². The Morgan fingerprint density at radius 2 is 1.19 bits per heavy atom. The minimum atomic E-state index is -0.148. The lowest BCUT2D eigenvalue weighted by molar-refractivity contribution is 0.660.